The van der Waals surface area contributed by atoms with Crippen LogP contribution in [0.15, 0.2) is 22.7 Å². The van der Waals surface area contributed by atoms with Gasteiger partial charge in [-0.25, -0.2) is 0 Å². The minimum absolute atomic E-state index is 0.0720. The van der Waals surface area contributed by atoms with E-state index in [0.29, 0.717) is 5.56 Å². The maximum atomic E-state index is 12.4. The number of nitrogens with one attached hydrogen (secondary N) is 2. The van der Waals surface area contributed by atoms with Crippen LogP contribution >= 0.6 is 0 Å². The molecule has 5 nitrogen and oxygen atoms in total. The summed E-state index contributed by atoms with van der Waals surface area (Å²) in [5, 5.41) is 10.2. The summed E-state index contributed by atoms with van der Waals surface area (Å²) in [4.78, 5) is 12.4. The molecule has 1 atom stereocenters. The molecule has 0 spiro atoms. The first-order chi connectivity index (χ1) is 10.1. The van der Waals surface area contributed by atoms with Crippen molar-refractivity contribution in [3.8, 4) is 0 Å². The second-order valence-electron chi connectivity index (χ2n) is 5.48. The first-order valence-electron chi connectivity index (χ1n) is 7.16. The molecule has 0 bridgehead atoms. The number of carbonyl (C=O) groups excluding carboxylic acids is 1. The standard InChI is InChI=1S/C16H19N3O2/c1-9(15-10(2)19-21-11(15)3)18-16(20)13-4-5-14-12(8-13)6-7-17-14/h4-5,8-9,17H,6-7H2,1-3H3,(H,18,20). The molecular formula is C16H19N3O2. The molecule has 3 rings (SSSR count). The lowest BCUT2D eigenvalue weighted by Gasteiger charge is -2.14. The monoisotopic (exact) mass is 285 g/mol. The molecule has 1 unspecified atom stereocenters. The van der Waals surface area contributed by atoms with Crippen LogP contribution < -0.4 is 10.6 Å². The summed E-state index contributed by atoms with van der Waals surface area (Å²) in [6.07, 6.45) is 0.968. The molecule has 2 aromatic rings. The van der Waals surface area contributed by atoms with E-state index >= 15 is 0 Å². The van der Waals surface area contributed by atoms with Gasteiger partial charge in [0.05, 0.1) is 11.7 Å². The summed E-state index contributed by atoms with van der Waals surface area (Å²) in [6.45, 7) is 6.63. The van der Waals surface area contributed by atoms with Crippen molar-refractivity contribution < 1.29 is 9.32 Å². The fourth-order valence-electron chi connectivity index (χ4n) is 2.91. The van der Waals surface area contributed by atoms with Crippen LogP contribution in [0, 0.1) is 13.8 Å². The molecule has 2 N–H and O–H groups in total. The molecule has 1 amide bonds. The Morgan fingerprint density at radius 2 is 2.24 bits per heavy atom. The fourth-order valence-corrected chi connectivity index (χ4v) is 2.91. The van der Waals surface area contributed by atoms with Crippen molar-refractivity contribution in [1.82, 2.24) is 10.5 Å². The third-order valence-electron chi connectivity index (χ3n) is 3.95. The molecule has 1 aliphatic rings. The number of carbonyl (C=O) groups is 1. The van der Waals surface area contributed by atoms with Gasteiger partial charge in [0.2, 0.25) is 0 Å². The number of rotatable bonds is 3. The molecule has 0 radical (unpaired) electrons. The second kappa shape index (κ2) is 5.24. The Balaban J connectivity index is 1.77. The Kier molecular flexibility index (Phi) is 3.41. The molecule has 0 fully saturated rings. The summed E-state index contributed by atoms with van der Waals surface area (Å²) >= 11 is 0. The van der Waals surface area contributed by atoms with Gasteiger partial charge in [-0.1, -0.05) is 5.16 Å². The summed E-state index contributed by atoms with van der Waals surface area (Å²) in [6, 6.07) is 5.66. The number of hydrogen-bond acceptors (Lipinski definition) is 4. The van der Waals surface area contributed by atoms with Gasteiger partial charge in [-0.2, -0.15) is 0 Å². The van der Waals surface area contributed by atoms with Gasteiger partial charge in [0, 0.05) is 23.4 Å². The highest BCUT2D eigenvalue weighted by molar-refractivity contribution is 5.95. The average Bonchev–Trinajstić information content (AvgIpc) is 3.04. The highest BCUT2D eigenvalue weighted by atomic mass is 16.5. The van der Waals surface area contributed by atoms with E-state index in [4.69, 9.17) is 4.52 Å². The Hall–Kier alpha value is -2.30. The highest BCUT2D eigenvalue weighted by Gasteiger charge is 2.20. The summed E-state index contributed by atoms with van der Waals surface area (Å²) in [7, 11) is 0. The van der Waals surface area contributed by atoms with Gasteiger partial charge in [-0.3, -0.25) is 4.79 Å². The van der Waals surface area contributed by atoms with Crippen LogP contribution in [-0.2, 0) is 6.42 Å². The number of nitrogens with zero attached hydrogens (tertiary/aromatic N) is 1. The van der Waals surface area contributed by atoms with Crippen molar-refractivity contribution in [3.05, 3.63) is 46.3 Å². The number of anilines is 1. The van der Waals surface area contributed by atoms with Gasteiger partial charge in [-0.15, -0.1) is 0 Å². The van der Waals surface area contributed by atoms with Crippen molar-refractivity contribution in [2.45, 2.75) is 33.2 Å². The molecule has 5 heteroatoms. The first-order valence-corrected chi connectivity index (χ1v) is 7.16. The Labute approximate surface area is 123 Å². The van der Waals surface area contributed by atoms with Crippen LogP contribution in [-0.4, -0.2) is 17.6 Å². The van der Waals surface area contributed by atoms with E-state index in [0.717, 1.165) is 35.7 Å². The van der Waals surface area contributed by atoms with Crippen molar-refractivity contribution in [3.63, 3.8) is 0 Å². The first kappa shape index (κ1) is 13.7. The largest absolute Gasteiger partial charge is 0.384 e. The number of hydrogen-bond donors (Lipinski definition) is 2. The predicted molar refractivity (Wildman–Crippen MR) is 80.5 cm³/mol. The highest BCUT2D eigenvalue weighted by Crippen LogP contribution is 2.24. The topological polar surface area (TPSA) is 67.2 Å². The summed E-state index contributed by atoms with van der Waals surface area (Å²) in [5.41, 5.74) is 4.79. The SMILES string of the molecule is Cc1noc(C)c1C(C)NC(=O)c1ccc2c(c1)CCN2. The number of benzene rings is 1. The van der Waals surface area contributed by atoms with E-state index in [-0.39, 0.29) is 11.9 Å². The summed E-state index contributed by atoms with van der Waals surface area (Å²) < 4.78 is 5.15. The lowest BCUT2D eigenvalue weighted by Crippen LogP contribution is -2.27. The van der Waals surface area contributed by atoms with Crippen LogP contribution in [0.5, 0.6) is 0 Å². The molecule has 1 aromatic carbocycles. The normalized spacial score (nSPS) is 14.4. The van der Waals surface area contributed by atoms with Gasteiger partial charge in [0.1, 0.15) is 5.76 Å². The molecule has 0 aliphatic carbocycles. The lowest BCUT2D eigenvalue weighted by molar-refractivity contribution is 0.0939. The van der Waals surface area contributed by atoms with Gasteiger partial charge >= 0.3 is 0 Å². The number of amides is 1. The zero-order valence-corrected chi connectivity index (χ0v) is 12.5. The van der Waals surface area contributed by atoms with Crippen LogP contribution in [0.2, 0.25) is 0 Å². The Bertz CT molecular complexity index is 671. The van der Waals surface area contributed by atoms with Gasteiger partial charge in [0.15, 0.2) is 0 Å². The van der Waals surface area contributed by atoms with Crippen LogP contribution in [0.1, 0.15) is 45.9 Å². The zero-order valence-electron chi connectivity index (χ0n) is 12.5. The predicted octanol–water partition coefficient (Wildman–Crippen LogP) is 2.75. The minimum Gasteiger partial charge on any atom is -0.384 e. The van der Waals surface area contributed by atoms with E-state index in [1.165, 1.54) is 5.56 Å². The van der Waals surface area contributed by atoms with Gasteiger partial charge in [0.25, 0.3) is 5.91 Å². The molecule has 0 saturated heterocycles. The number of aryl methyl sites for hydroxylation is 2. The quantitative estimate of drug-likeness (QED) is 0.910. The Morgan fingerprint density at radius 1 is 1.43 bits per heavy atom. The molecule has 110 valence electrons. The molecular weight excluding hydrogens is 266 g/mol. The van der Waals surface area contributed by atoms with Crippen molar-refractivity contribution in [2.75, 3.05) is 11.9 Å². The maximum Gasteiger partial charge on any atom is 0.251 e. The third-order valence-corrected chi connectivity index (χ3v) is 3.95. The van der Waals surface area contributed by atoms with Crippen molar-refractivity contribution in [1.29, 1.82) is 0 Å². The number of fused-ring (bicyclic) bond motifs is 1. The van der Waals surface area contributed by atoms with E-state index in [1.807, 2.05) is 39.0 Å². The van der Waals surface area contributed by atoms with Crippen molar-refractivity contribution >= 4 is 11.6 Å². The van der Waals surface area contributed by atoms with Crippen LogP contribution in [0.25, 0.3) is 0 Å². The van der Waals surface area contributed by atoms with E-state index in [1.54, 1.807) is 0 Å². The van der Waals surface area contributed by atoms with Crippen LogP contribution in [0.4, 0.5) is 5.69 Å². The van der Waals surface area contributed by atoms with E-state index in [9.17, 15) is 4.79 Å². The van der Waals surface area contributed by atoms with Gasteiger partial charge < -0.3 is 15.2 Å². The van der Waals surface area contributed by atoms with E-state index < -0.39 is 0 Å². The minimum atomic E-state index is -0.130. The second-order valence-corrected chi connectivity index (χ2v) is 5.48. The fraction of sp³-hybridized carbons (Fsp3) is 0.375. The molecule has 0 saturated carbocycles. The van der Waals surface area contributed by atoms with Gasteiger partial charge in [-0.05, 0) is 51.0 Å². The maximum absolute atomic E-state index is 12.4. The van der Waals surface area contributed by atoms with Crippen molar-refractivity contribution in [2.24, 2.45) is 0 Å². The average molecular weight is 285 g/mol. The summed E-state index contributed by atoms with van der Waals surface area (Å²) in [5.74, 6) is 0.677. The zero-order chi connectivity index (χ0) is 15.0. The Morgan fingerprint density at radius 3 is 2.95 bits per heavy atom. The molecule has 2 heterocycles. The molecule has 1 aliphatic heterocycles. The lowest BCUT2D eigenvalue weighted by atomic mass is 10.0. The molecule has 21 heavy (non-hydrogen) atoms. The number of aromatic nitrogens is 1. The van der Waals surface area contributed by atoms with Crippen LogP contribution in [0.3, 0.4) is 0 Å². The molecule has 1 aromatic heterocycles. The third kappa shape index (κ3) is 2.51. The smallest absolute Gasteiger partial charge is 0.251 e. The van der Waals surface area contributed by atoms with E-state index in [2.05, 4.69) is 15.8 Å².